The molecule has 19 heavy (non-hydrogen) atoms. The molecule has 0 aromatic rings. The van der Waals surface area contributed by atoms with Gasteiger partial charge in [0.1, 0.15) is 0 Å². The molecule has 5 heteroatoms. The van der Waals surface area contributed by atoms with Crippen LogP contribution in [0.25, 0.3) is 0 Å². The molecule has 0 atom stereocenters. The van der Waals surface area contributed by atoms with Crippen LogP contribution in [0.3, 0.4) is 0 Å². The first-order valence-electron chi connectivity index (χ1n) is 7.14. The molecule has 0 aromatic heterocycles. The maximum Gasteiger partial charge on any atom is 0.306 e. The molecule has 1 rings (SSSR count). The number of carbonyl (C=O) groups is 2. The summed E-state index contributed by atoms with van der Waals surface area (Å²) in [5.74, 6) is -1.28. The van der Waals surface area contributed by atoms with Crippen molar-refractivity contribution in [3.63, 3.8) is 0 Å². The van der Waals surface area contributed by atoms with E-state index in [2.05, 4.69) is 5.32 Å². The number of aliphatic hydroxyl groups is 1. The zero-order chi connectivity index (χ0) is 14.5. The zero-order valence-corrected chi connectivity index (χ0v) is 11.8. The van der Waals surface area contributed by atoms with Gasteiger partial charge in [-0.1, -0.05) is 26.7 Å². The Balaban J connectivity index is 2.35. The maximum absolute atomic E-state index is 11.9. The van der Waals surface area contributed by atoms with Crippen molar-refractivity contribution in [1.29, 1.82) is 0 Å². The lowest BCUT2D eigenvalue weighted by molar-refractivity contribution is -0.146. The van der Waals surface area contributed by atoms with E-state index < -0.39 is 11.6 Å². The number of amides is 1. The Morgan fingerprint density at radius 3 is 2.16 bits per heavy atom. The van der Waals surface area contributed by atoms with Crippen molar-refractivity contribution in [2.24, 2.45) is 5.92 Å². The monoisotopic (exact) mass is 271 g/mol. The number of carboxylic acid groups (broad SMARTS) is 1. The maximum atomic E-state index is 11.9. The van der Waals surface area contributed by atoms with Gasteiger partial charge >= 0.3 is 5.97 Å². The number of rotatable bonds is 8. The summed E-state index contributed by atoms with van der Waals surface area (Å²) in [7, 11) is 0. The van der Waals surface area contributed by atoms with E-state index in [1.54, 1.807) is 0 Å². The molecule has 0 aromatic carbocycles. The van der Waals surface area contributed by atoms with Crippen molar-refractivity contribution in [2.45, 2.75) is 70.4 Å². The van der Waals surface area contributed by atoms with Crippen LogP contribution in [0, 0.1) is 5.92 Å². The normalized spacial score (nSPS) is 22.7. The summed E-state index contributed by atoms with van der Waals surface area (Å²) in [6.45, 7) is 3.98. The third-order valence-electron chi connectivity index (χ3n) is 3.77. The number of carboxylic acids is 1. The van der Waals surface area contributed by atoms with Gasteiger partial charge in [0.15, 0.2) is 0 Å². The molecule has 0 aliphatic heterocycles. The number of hydrogen-bond acceptors (Lipinski definition) is 3. The first-order chi connectivity index (χ1) is 8.90. The van der Waals surface area contributed by atoms with E-state index in [1.807, 2.05) is 13.8 Å². The summed E-state index contributed by atoms with van der Waals surface area (Å²) in [4.78, 5) is 22.5. The Hall–Kier alpha value is -1.10. The summed E-state index contributed by atoms with van der Waals surface area (Å²) in [6.07, 6.45) is 4.04. The quantitative estimate of drug-likeness (QED) is 0.627. The van der Waals surface area contributed by atoms with Gasteiger partial charge in [-0.2, -0.15) is 0 Å². The molecule has 0 spiro atoms. The molecule has 110 valence electrons. The number of carbonyl (C=O) groups excluding carboxylic acids is 1. The molecule has 1 fully saturated rings. The molecule has 0 radical (unpaired) electrons. The van der Waals surface area contributed by atoms with Crippen LogP contribution in [0.2, 0.25) is 0 Å². The largest absolute Gasteiger partial charge is 0.481 e. The summed E-state index contributed by atoms with van der Waals surface area (Å²) in [5, 5.41) is 21.9. The Morgan fingerprint density at radius 1 is 1.21 bits per heavy atom. The van der Waals surface area contributed by atoms with Crippen LogP contribution in [-0.2, 0) is 9.59 Å². The van der Waals surface area contributed by atoms with Crippen LogP contribution < -0.4 is 5.32 Å². The molecular formula is C14H25NO4. The van der Waals surface area contributed by atoms with E-state index in [-0.39, 0.29) is 24.3 Å². The third kappa shape index (κ3) is 4.82. The van der Waals surface area contributed by atoms with E-state index in [9.17, 15) is 14.7 Å². The van der Waals surface area contributed by atoms with Crippen LogP contribution >= 0.6 is 0 Å². The Morgan fingerprint density at radius 2 is 1.74 bits per heavy atom. The highest BCUT2D eigenvalue weighted by Gasteiger charge is 2.36. The second-order valence-electron chi connectivity index (χ2n) is 5.67. The van der Waals surface area contributed by atoms with E-state index in [4.69, 9.17) is 5.11 Å². The highest BCUT2D eigenvalue weighted by molar-refractivity contribution is 5.78. The molecule has 1 aliphatic rings. The van der Waals surface area contributed by atoms with Crippen LogP contribution in [-0.4, -0.2) is 33.7 Å². The van der Waals surface area contributed by atoms with Crippen LogP contribution in [0.5, 0.6) is 0 Å². The standard InChI is InChI=1S/C14H25NO4/c1-3-5-14(19,6-4-2)9-12(16)15-11-7-10(8-11)13(17)18/h10-11,19H,3-9H2,1-2H3,(H,15,16)(H,17,18). The summed E-state index contributed by atoms with van der Waals surface area (Å²) < 4.78 is 0. The van der Waals surface area contributed by atoms with Gasteiger partial charge in [-0.05, 0) is 25.7 Å². The van der Waals surface area contributed by atoms with E-state index >= 15 is 0 Å². The van der Waals surface area contributed by atoms with E-state index in [0.29, 0.717) is 25.7 Å². The summed E-state index contributed by atoms with van der Waals surface area (Å²) in [6, 6.07) is -0.0406. The molecule has 5 nitrogen and oxygen atoms in total. The molecule has 3 N–H and O–H groups in total. The molecule has 0 bridgehead atoms. The molecule has 1 amide bonds. The van der Waals surface area contributed by atoms with Gasteiger partial charge in [-0.25, -0.2) is 0 Å². The summed E-state index contributed by atoms with van der Waals surface area (Å²) in [5.41, 5.74) is -0.913. The molecule has 1 aliphatic carbocycles. The predicted molar refractivity (Wildman–Crippen MR) is 71.7 cm³/mol. The molecule has 0 saturated heterocycles. The van der Waals surface area contributed by atoms with Gasteiger partial charge in [0.05, 0.1) is 17.9 Å². The fraction of sp³-hybridized carbons (Fsp3) is 0.857. The first kappa shape index (κ1) is 16.0. The minimum atomic E-state index is -0.913. The van der Waals surface area contributed by atoms with Crippen LogP contribution in [0.15, 0.2) is 0 Å². The van der Waals surface area contributed by atoms with Gasteiger partial charge in [0, 0.05) is 6.04 Å². The molecule has 0 unspecified atom stereocenters. The Kier molecular flexibility index (Phi) is 5.79. The van der Waals surface area contributed by atoms with Crippen molar-refractivity contribution in [3.05, 3.63) is 0 Å². The fourth-order valence-corrected chi connectivity index (χ4v) is 2.75. The SMILES string of the molecule is CCCC(O)(CCC)CC(=O)NC1CC(C(=O)O)C1. The smallest absolute Gasteiger partial charge is 0.306 e. The average molecular weight is 271 g/mol. The summed E-state index contributed by atoms with van der Waals surface area (Å²) >= 11 is 0. The van der Waals surface area contributed by atoms with Gasteiger partial charge in [0.2, 0.25) is 5.91 Å². The van der Waals surface area contributed by atoms with Gasteiger partial charge in [-0.15, -0.1) is 0 Å². The van der Waals surface area contributed by atoms with Crippen molar-refractivity contribution >= 4 is 11.9 Å². The van der Waals surface area contributed by atoms with Gasteiger partial charge < -0.3 is 15.5 Å². The lowest BCUT2D eigenvalue weighted by Gasteiger charge is -2.34. The lowest BCUT2D eigenvalue weighted by atomic mass is 9.80. The topological polar surface area (TPSA) is 86.6 Å². The molecule has 1 saturated carbocycles. The number of nitrogens with one attached hydrogen (secondary N) is 1. The van der Waals surface area contributed by atoms with E-state index in [1.165, 1.54) is 0 Å². The predicted octanol–water partition coefficient (Wildman–Crippen LogP) is 1.69. The van der Waals surface area contributed by atoms with Gasteiger partial charge in [-0.3, -0.25) is 9.59 Å². The number of aliphatic carboxylic acids is 1. The molecule has 0 heterocycles. The second-order valence-corrected chi connectivity index (χ2v) is 5.67. The van der Waals surface area contributed by atoms with Crippen LogP contribution in [0.1, 0.15) is 58.8 Å². The average Bonchev–Trinajstić information content (AvgIpc) is 2.22. The second kappa shape index (κ2) is 6.89. The Labute approximate surface area is 114 Å². The highest BCUT2D eigenvalue weighted by atomic mass is 16.4. The fourth-order valence-electron chi connectivity index (χ4n) is 2.75. The third-order valence-corrected chi connectivity index (χ3v) is 3.77. The molecular weight excluding hydrogens is 246 g/mol. The lowest BCUT2D eigenvalue weighted by Crippen LogP contribution is -2.48. The minimum absolute atomic E-state index is 0.0406. The highest BCUT2D eigenvalue weighted by Crippen LogP contribution is 2.28. The van der Waals surface area contributed by atoms with Crippen molar-refractivity contribution in [1.82, 2.24) is 5.32 Å². The zero-order valence-electron chi connectivity index (χ0n) is 11.8. The first-order valence-corrected chi connectivity index (χ1v) is 7.14. The van der Waals surface area contributed by atoms with E-state index in [0.717, 1.165) is 12.8 Å². The minimum Gasteiger partial charge on any atom is -0.481 e. The number of hydrogen-bond donors (Lipinski definition) is 3. The van der Waals surface area contributed by atoms with Crippen LogP contribution in [0.4, 0.5) is 0 Å². The van der Waals surface area contributed by atoms with Crippen molar-refractivity contribution < 1.29 is 19.8 Å². The van der Waals surface area contributed by atoms with Crippen molar-refractivity contribution in [2.75, 3.05) is 0 Å². The van der Waals surface area contributed by atoms with Gasteiger partial charge in [0.25, 0.3) is 0 Å². The van der Waals surface area contributed by atoms with Crippen molar-refractivity contribution in [3.8, 4) is 0 Å². The Bertz CT molecular complexity index is 317.